The molecule has 2 aromatic rings. The van der Waals surface area contributed by atoms with E-state index in [1.165, 1.54) is 0 Å². The van der Waals surface area contributed by atoms with E-state index in [1.54, 1.807) is 0 Å². The van der Waals surface area contributed by atoms with Crippen LogP contribution in [0.25, 0.3) is 0 Å². The fraction of sp³-hybridized carbons (Fsp3) is 0.440. The monoisotopic (exact) mass is 724 g/mol. The summed E-state index contributed by atoms with van der Waals surface area (Å²) in [5.41, 5.74) is 1.77. The van der Waals surface area contributed by atoms with E-state index < -0.39 is 6.10 Å². The first-order valence-corrected chi connectivity index (χ1v) is 13.7. The minimum atomic E-state index is -0.793. The Morgan fingerprint density at radius 2 is 1.32 bits per heavy atom. The zero-order valence-electron chi connectivity index (χ0n) is 19.2. The Hall–Kier alpha value is -0.600. The third kappa shape index (κ3) is 7.95. The van der Waals surface area contributed by atoms with Gasteiger partial charge < -0.3 is 24.4 Å². The Bertz CT molecular complexity index is 973. The van der Waals surface area contributed by atoms with Gasteiger partial charge in [-0.3, -0.25) is 0 Å². The lowest BCUT2D eigenvalue weighted by molar-refractivity contribution is 0.0225. The third-order valence-corrected chi connectivity index (χ3v) is 7.54. The SMILES string of the molecule is C#CCOCC(O)COc1c(Br)cc(C(C)(C)c2cc(Br)c(OCC(C)CO)c(Br)c2)cc1Br. The maximum Gasteiger partial charge on any atom is 0.147 e. The average Bonchev–Trinajstić information content (AvgIpc) is 2.77. The van der Waals surface area contributed by atoms with Crippen LogP contribution in [-0.2, 0) is 10.2 Å². The number of ether oxygens (including phenoxy) is 3. The van der Waals surface area contributed by atoms with Crippen LogP contribution in [0.15, 0.2) is 42.2 Å². The second kappa shape index (κ2) is 13.6. The second-order valence-corrected chi connectivity index (χ2v) is 11.9. The number of hydrogen-bond donors (Lipinski definition) is 2. The lowest BCUT2D eigenvalue weighted by Crippen LogP contribution is -2.24. The molecule has 0 radical (unpaired) electrons. The molecule has 0 saturated carbocycles. The van der Waals surface area contributed by atoms with Gasteiger partial charge in [-0.1, -0.05) is 26.7 Å². The summed E-state index contributed by atoms with van der Waals surface area (Å²) < 4.78 is 20.0. The van der Waals surface area contributed by atoms with E-state index in [4.69, 9.17) is 20.6 Å². The fourth-order valence-corrected chi connectivity index (χ4v) is 5.87. The normalized spacial score (nSPS) is 13.3. The molecular weight excluding hydrogens is 700 g/mol. The van der Waals surface area contributed by atoms with Crippen molar-refractivity contribution in [2.75, 3.05) is 33.0 Å². The molecule has 0 aliphatic heterocycles. The molecule has 0 heterocycles. The van der Waals surface area contributed by atoms with Crippen molar-refractivity contribution >= 4 is 63.7 Å². The highest BCUT2D eigenvalue weighted by atomic mass is 79.9. The van der Waals surface area contributed by atoms with Gasteiger partial charge in [0.2, 0.25) is 0 Å². The Kier molecular flexibility index (Phi) is 11.9. The van der Waals surface area contributed by atoms with Crippen molar-refractivity contribution in [2.45, 2.75) is 32.3 Å². The molecule has 2 aromatic carbocycles. The first-order valence-electron chi connectivity index (χ1n) is 10.6. The topological polar surface area (TPSA) is 68.2 Å². The van der Waals surface area contributed by atoms with Gasteiger partial charge in [0.25, 0.3) is 0 Å². The van der Waals surface area contributed by atoms with Gasteiger partial charge in [-0.2, -0.15) is 0 Å². The first-order chi connectivity index (χ1) is 16.0. The standard InChI is InChI=1S/C25H28Br4O5/c1-5-6-32-13-18(31)14-34-24-21(28)9-17(10-22(24)29)25(3,4)16-7-19(26)23(20(27)8-16)33-12-15(2)11-30/h1,7-10,15,18,30-31H,6,11-14H2,2-4H3. The number of hydrogen-bond acceptors (Lipinski definition) is 5. The van der Waals surface area contributed by atoms with E-state index in [0.29, 0.717) is 18.1 Å². The number of rotatable bonds is 12. The number of terminal acetylenes is 1. The highest BCUT2D eigenvalue weighted by Gasteiger charge is 2.27. The molecule has 0 amide bonds. The number of aliphatic hydroxyl groups excluding tert-OH is 2. The number of benzene rings is 2. The first kappa shape index (κ1) is 29.6. The quantitative estimate of drug-likeness (QED) is 0.194. The predicted molar refractivity (Wildman–Crippen MR) is 149 cm³/mol. The summed E-state index contributed by atoms with van der Waals surface area (Å²) in [6.07, 6.45) is 4.35. The molecular formula is C25H28Br4O5. The van der Waals surface area contributed by atoms with Crippen LogP contribution in [0.2, 0.25) is 0 Å². The number of halogens is 4. The molecule has 34 heavy (non-hydrogen) atoms. The molecule has 186 valence electrons. The molecule has 2 N–H and O–H groups in total. The highest BCUT2D eigenvalue weighted by molar-refractivity contribution is 9.11. The van der Waals surface area contributed by atoms with Gasteiger partial charge in [0.1, 0.15) is 30.8 Å². The van der Waals surface area contributed by atoms with Crippen LogP contribution in [0.1, 0.15) is 31.9 Å². The molecule has 0 aliphatic carbocycles. The van der Waals surface area contributed by atoms with Crippen LogP contribution >= 0.6 is 63.7 Å². The van der Waals surface area contributed by atoms with Crippen LogP contribution in [0, 0.1) is 18.3 Å². The number of aliphatic hydroxyl groups is 2. The van der Waals surface area contributed by atoms with Crippen molar-refractivity contribution in [3.8, 4) is 23.8 Å². The van der Waals surface area contributed by atoms with E-state index in [-0.39, 0.29) is 37.8 Å². The molecule has 2 rings (SSSR count). The highest BCUT2D eigenvalue weighted by Crippen LogP contribution is 2.44. The van der Waals surface area contributed by atoms with E-state index in [9.17, 15) is 10.2 Å². The van der Waals surface area contributed by atoms with E-state index in [1.807, 2.05) is 31.2 Å². The zero-order valence-corrected chi connectivity index (χ0v) is 25.6. The van der Waals surface area contributed by atoms with Gasteiger partial charge in [0, 0.05) is 17.9 Å². The van der Waals surface area contributed by atoms with E-state index >= 15 is 0 Å². The van der Waals surface area contributed by atoms with Crippen LogP contribution in [0.4, 0.5) is 0 Å². The molecule has 2 unspecified atom stereocenters. The molecule has 0 fully saturated rings. The van der Waals surface area contributed by atoms with Crippen LogP contribution in [0.5, 0.6) is 11.5 Å². The molecule has 0 spiro atoms. The average molecular weight is 728 g/mol. The zero-order chi connectivity index (χ0) is 25.5. The Labute approximate surface area is 235 Å². The molecule has 0 aromatic heterocycles. The van der Waals surface area contributed by atoms with Gasteiger partial charge >= 0.3 is 0 Å². The summed E-state index contributed by atoms with van der Waals surface area (Å²) >= 11 is 14.5. The predicted octanol–water partition coefficient (Wildman–Crippen LogP) is 6.46. The summed E-state index contributed by atoms with van der Waals surface area (Å²) in [4.78, 5) is 0. The van der Waals surface area contributed by atoms with Crippen molar-refractivity contribution in [1.29, 1.82) is 0 Å². The molecule has 2 atom stereocenters. The Balaban J connectivity index is 2.24. The summed E-state index contributed by atoms with van der Waals surface area (Å²) in [7, 11) is 0. The van der Waals surface area contributed by atoms with Crippen LogP contribution in [-0.4, -0.2) is 49.4 Å². The maximum absolute atomic E-state index is 10.0. The minimum absolute atomic E-state index is 0.0435. The third-order valence-electron chi connectivity index (χ3n) is 5.18. The Morgan fingerprint density at radius 1 is 0.882 bits per heavy atom. The largest absolute Gasteiger partial charge is 0.491 e. The smallest absolute Gasteiger partial charge is 0.147 e. The maximum atomic E-state index is 10.0. The molecule has 0 bridgehead atoms. The Morgan fingerprint density at radius 3 is 1.74 bits per heavy atom. The molecule has 9 heteroatoms. The van der Waals surface area contributed by atoms with Crippen molar-refractivity contribution in [3.05, 3.63) is 53.3 Å². The molecule has 0 aliphatic rings. The fourth-order valence-electron chi connectivity index (χ4n) is 3.04. The summed E-state index contributed by atoms with van der Waals surface area (Å²) in [6, 6.07) is 8.11. The summed E-state index contributed by atoms with van der Waals surface area (Å²) in [5, 5.41) is 19.3. The summed E-state index contributed by atoms with van der Waals surface area (Å²) in [5.74, 6) is 3.71. The second-order valence-electron chi connectivity index (χ2n) is 8.45. The molecule has 5 nitrogen and oxygen atoms in total. The van der Waals surface area contributed by atoms with Crippen molar-refractivity contribution in [3.63, 3.8) is 0 Å². The minimum Gasteiger partial charge on any atom is -0.491 e. The van der Waals surface area contributed by atoms with Gasteiger partial charge in [0.05, 0.1) is 31.1 Å². The van der Waals surface area contributed by atoms with E-state index in [2.05, 4.69) is 83.5 Å². The van der Waals surface area contributed by atoms with Crippen molar-refractivity contribution < 1.29 is 24.4 Å². The van der Waals surface area contributed by atoms with Crippen molar-refractivity contribution in [2.24, 2.45) is 5.92 Å². The lowest BCUT2D eigenvalue weighted by atomic mass is 9.78. The van der Waals surface area contributed by atoms with Gasteiger partial charge in [-0.05, 0) is 99.1 Å². The van der Waals surface area contributed by atoms with Crippen LogP contribution < -0.4 is 9.47 Å². The van der Waals surface area contributed by atoms with Crippen LogP contribution in [0.3, 0.4) is 0 Å². The van der Waals surface area contributed by atoms with Gasteiger partial charge in [-0.15, -0.1) is 6.42 Å². The van der Waals surface area contributed by atoms with E-state index in [0.717, 1.165) is 29.0 Å². The lowest BCUT2D eigenvalue weighted by Gasteiger charge is -2.28. The van der Waals surface area contributed by atoms with Gasteiger partial charge in [-0.25, -0.2) is 0 Å². The summed E-state index contributed by atoms with van der Waals surface area (Å²) in [6.45, 7) is 7.01. The van der Waals surface area contributed by atoms with Gasteiger partial charge in [0.15, 0.2) is 0 Å². The molecule has 0 saturated heterocycles. The van der Waals surface area contributed by atoms with Crippen molar-refractivity contribution in [1.82, 2.24) is 0 Å².